The van der Waals surface area contributed by atoms with Crippen molar-refractivity contribution in [3.05, 3.63) is 35.9 Å². The molecule has 19 nitrogen and oxygen atoms in total. The molecular formula is C35H50N2O17. The molecule has 3 N–H and O–H groups in total. The van der Waals surface area contributed by atoms with Gasteiger partial charge in [0.2, 0.25) is 0 Å². The molecular weight excluding hydrogens is 720 g/mol. The van der Waals surface area contributed by atoms with Gasteiger partial charge in [0, 0.05) is 40.2 Å². The van der Waals surface area contributed by atoms with Gasteiger partial charge in [-0.25, -0.2) is 9.59 Å². The fourth-order valence-corrected chi connectivity index (χ4v) is 5.87. The quantitative estimate of drug-likeness (QED) is 0.122. The van der Waals surface area contributed by atoms with Gasteiger partial charge in [-0.15, -0.1) is 0 Å². The maximum absolute atomic E-state index is 12.4. The number of carbonyl (C=O) groups excluding carboxylic acids is 6. The standard InChI is InChI=1S/C35H50N2O17/c1-7-25-19(2)27(48-21(4)39)30(32(51-25)45-16-15-44-14-13-37-35(43)47-17-24-11-9-8-10-12-24)53-33-31(50-23(6)41)29(49-22(5)40)28(54-34(36)42)26(52-33)18-46-20(3)38/h8-12,19,25-33H,7,13-18H2,1-6H3,(H2,36,42)(H,37,43)/t19-,25+,26-,27+,28-,29+,30+,31+,32+,33-/m1/s1. The third-order valence-electron chi connectivity index (χ3n) is 8.14. The Morgan fingerprint density at radius 1 is 0.704 bits per heavy atom. The molecule has 0 spiro atoms. The summed E-state index contributed by atoms with van der Waals surface area (Å²) in [4.78, 5) is 72.7. The van der Waals surface area contributed by atoms with E-state index in [0.717, 1.165) is 26.3 Å². The molecule has 1 aromatic carbocycles. The molecule has 2 heterocycles. The Morgan fingerprint density at radius 3 is 1.94 bits per heavy atom. The van der Waals surface area contributed by atoms with E-state index in [2.05, 4.69) is 5.32 Å². The average molecular weight is 771 g/mol. The molecule has 0 unspecified atom stereocenters. The van der Waals surface area contributed by atoms with Crippen LogP contribution < -0.4 is 11.1 Å². The number of esters is 4. The van der Waals surface area contributed by atoms with Gasteiger partial charge in [-0.1, -0.05) is 44.2 Å². The summed E-state index contributed by atoms with van der Waals surface area (Å²) in [7, 11) is 0. The molecule has 0 aliphatic carbocycles. The van der Waals surface area contributed by atoms with E-state index in [1.165, 1.54) is 6.92 Å². The van der Waals surface area contributed by atoms with Gasteiger partial charge in [0.25, 0.3) is 0 Å². The Bertz CT molecular complexity index is 1400. The summed E-state index contributed by atoms with van der Waals surface area (Å²) < 4.78 is 62.6. The van der Waals surface area contributed by atoms with E-state index >= 15 is 0 Å². The number of rotatable bonds is 18. The van der Waals surface area contributed by atoms with Crippen molar-refractivity contribution in [3.8, 4) is 0 Å². The summed E-state index contributed by atoms with van der Waals surface area (Å²) in [5.74, 6) is -3.54. The van der Waals surface area contributed by atoms with Gasteiger partial charge < -0.3 is 63.2 Å². The van der Waals surface area contributed by atoms with E-state index in [-0.39, 0.29) is 33.0 Å². The smallest absolute Gasteiger partial charge is 0.407 e. The number of primary amides is 1. The van der Waals surface area contributed by atoms with Crippen LogP contribution in [0.4, 0.5) is 9.59 Å². The lowest BCUT2D eigenvalue weighted by Crippen LogP contribution is -2.65. The molecule has 19 heteroatoms. The summed E-state index contributed by atoms with van der Waals surface area (Å²) in [6, 6.07) is 9.20. The lowest BCUT2D eigenvalue weighted by molar-refractivity contribution is -0.362. The van der Waals surface area contributed by atoms with E-state index in [1.807, 2.05) is 37.3 Å². The Hall–Kier alpha value is -4.56. The third-order valence-corrected chi connectivity index (χ3v) is 8.14. The van der Waals surface area contributed by atoms with Crippen LogP contribution in [0.3, 0.4) is 0 Å². The average Bonchev–Trinajstić information content (AvgIpc) is 3.10. The molecule has 0 radical (unpaired) electrons. The molecule has 0 aromatic heterocycles. The van der Waals surface area contributed by atoms with Crippen molar-refractivity contribution < 1.29 is 80.9 Å². The minimum absolute atomic E-state index is 0.0407. The van der Waals surface area contributed by atoms with Crippen molar-refractivity contribution in [2.24, 2.45) is 11.7 Å². The molecule has 2 saturated heterocycles. The van der Waals surface area contributed by atoms with Crippen molar-refractivity contribution in [1.29, 1.82) is 0 Å². The first-order valence-corrected chi connectivity index (χ1v) is 17.4. The fourth-order valence-electron chi connectivity index (χ4n) is 5.87. The predicted molar refractivity (Wildman–Crippen MR) is 181 cm³/mol. The lowest BCUT2D eigenvalue weighted by atomic mass is 9.88. The van der Waals surface area contributed by atoms with Gasteiger partial charge in [0.15, 0.2) is 30.9 Å². The van der Waals surface area contributed by atoms with Gasteiger partial charge in [-0.2, -0.15) is 0 Å². The highest BCUT2D eigenvalue weighted by molar-refractivity contribution is 5.69. The third kappa shape index (κ3) is 14.0. The monoisotopic (exact) mass is 770 g/mol. The number of amides is 2. The molecule has 2 amide bonds. The Labute approximate surface area is 312 Å². The largest absolute Gasteiger partial charge is 0.463 e. The van der Waals surface area contributed by atoms with Gasteiger partial charge in [-0.05, 0) is 12.0 Å². The summed E-state index contributed by atoms with van der Waals surface area (Å²) in [5.41, 5.74) is 6.14. The topological polar surface area (TPSA) is 242 Å². The van der Waals surface area contributed by atoms with Crippen LogP contribution in [0.2, 0.25) is 0 Å². The number of carbonyl (C=O) groups is 6. The maximum Gasteiger partial charge on any atom is 0.407 e. The number of hydrogen-bond donors (Lipinski definition) is 2. The molecule has 10 atom stereocenters. The van der Waals surface area contributed by atoms with Gasteiger partial charge in [0.05, 0.1) is 25.9 Å². The molecule has 0 saturated carbocycles. The van der Waals surface area contributed by atoms with E-state index in [0.29, 0.717) is 6.42 Å². The molecule has 2 fully saturated rings. The van der Waals surface area contributed by atoms with Crippen LogP contribution in [0.25, 0.3) is 0 Å². The second-order valence-corrected chi connectivity index (χ2v) is 12.4. The van der Waals surface area contributed by atoms with E-state index in [9.17, 15) is 28.8 Å². The zero-order valence-electron chi connectivity index (χ0n) is 31.1. The zero-order chi connectivity index (χ0) is 39.8. The molecule has 302 valence electrons. The van der Waals surface area contributed by atoms with Crippen LogP contribution in [0.1, 0.15) is 53.5 Å². The maximum atomic E-state index is 12.4. The summed E-state index contributed by atoms with van der Waals surface area (Å²) in [6.07, 6.45) is -13.1. The van der Waals surface area contributed by atoms with Crippen molar-refractivity contribution in [2.45, 2.75) is 110 Å². The molecule has 54 heavy (non-hydrogen) atoms. The normalized spacial score (nSPS) is 27.8. The molecule has 1 aromatic rings. The Kier molecular flexibility index (Phi) is 17.8. The van der Waals surface area contributed by atoms with E-state index in [1.54, 1.807) is 6.92 Å². The lowest BCUT2D eigenvalue weighted by Gasteiger charge is -2.48. The van der Waals surface area contributed by atoms with Gasteiger partial charge in [0.1, 0.15) is 31.5 Å². The zero-order valence-corrected chi connectivity index (χ0v) is 31.1. The van der Waals surface area contributed by atoms with E-state index in [4.69, 9.17) is 57.8 Å². The molecule has 0 bridgehead atoms. The number of benzene rings is 1. The summed E-state index contributed by atoms with van der Waals surface area (Å²) >= 11 is 0. The first-order valence-electron chi connectivity index (χ1n) is 17.4. The van der Waals surface area contributed by atoms with E-state index < -0.39 is 104 Å². The number of hydrogen-bond acceptors (Lipinski definition) is 17. The molecule has 2 aliphatic heterocycles. The van der Waals surface area contributed by atoms with Crippen LogP contribution in [-0.2, 0) is 77.9 Å². The van der Waals surface area contributed by atoms with Crippen molar-refractivity contribution in [1.82, 2.24) is 5.32 Å². The minimum Gasteiger partial charge on any atom is -0.463 e. The number of ether oxygens (including phenoxy) is 11. The number of nitrogens with two attached hydrogens (primary N) is 1. The fraction of sp³-hybridized carbons (Fsp3) is 0.657. The van der Waals surface area contributed by atoms with Gasteiger partial charge >= 0.3 is 36.1 Å². The van der Waals surface area contributed by atoms with Crippen LogP contribution in [0.5, 0.6) is 0 Å². The summed E-state index contributed by atoms with van der Waals surface area (Å²) in [6.45, 7) is 7.97. The Morgan fingerprint density at radius 2 is 1.33 bits per heavy atom. The van der Waals surface area contributed by atoms with Crippen LogP contribution in [0.15, 0.2) is 30.3 Å². The summed E-state index contributed by atoms with van der Waals surface area (Å²) in [5, 5.41) is 2.59. The second kappa shape index (κ2) is 22.0. The molecule has 3 rings (SSSR count). The van der Waals surface area contributed by atoms with Crippen molar-refractivity contribution in [3.63, 3.8) is 0 Å². The second-order valence-electron chi connectivity index (χ2n) is 12.4. The highest BCUT2D eigenvalue weighted by Crippen LogP contribution is 2.36. The highest BCUT2D eigenvalue weighted by Gasteiger charge is 2.56. The Balaban J connectivity index is 1.78. The number of alkyl carbamates (subject to hydrolysis) is 1. The SMILES string of the molecule is CC[C@@H]1O[C@H](OCCOCCNC(=O)OCc2ccccc2)[C@@H](O[C@H]2O[C@H](COC(C)=O)[C@@H](OC(N)=O)[C@H](OC(C)=O)[C@@H]2OC(C)=O)[C@@H](OC(C)=O)[C@@H]1C. The minimum atomic E-state index is -1.64. The van der Waals surface area contributed by atoms with Crippen LogP contribution in [-0.4, -0.2) is 124 Å². The molecule has 2 aliphatic rings. The predicted octanol–water partition coefficient (Wildman–Crippen LogP) is 1.65. The highest BCUT2D eigenvalue weighted by atomic mass is 16.8. The van der Waals surface area contributed by atoms with Gasteiger partial charge in [-0.3, -0.25) is 19.2 Å². The number of nitrogens with one attached hydrogen (secondary N) is 1. The van der Waals surface area contributed by atoms with Crippen LogP contribution in [0, 0.1) is 5.92 Å². The van der Waals surface area contributed by atoms with Crippen molar-refractivity contribution >= 4 is 36.1 Å². The first kappa shape index (κ1) is 43.8. The van der Waals surface area contributed by atoms with Crippen molar-refractivity contribution in [2.75, 3.05) is 33.0 Å². The first-order chi connectivity index (χ1) is 25.7. The van der Waals surface area contributed by atoms with Crippen LogP contribution >= 0.6 is 0 Å².